The van der Waals surface area contributed by atoms with Crippen LogP contribution in [-0.4, -0.2) is 30.1 Å². The van der Waals surface area contributed by atoms with Gasteiger partial charge in [0.2, 0.25) is 5.91 Å². The Labute approximate surface area is 96.8 Å². The molecule has 15 heavy (non-hydrogen) atoms. The minimum Gasteiger partial charge on any atom is -0.354 e. The number of carbonyl (C=O) groups excluding carboxylic acids is 1. The van der Waals surface area contributed by atoms with Crippen LogP contribution in [0.3, 0.4) is 0 Å². The van der Waals surface area contributed by atoms with Gasteiger partial charge in [0.1, 0.15) is 0 Å². The highest BCUT2D eigenvalue weighted by Gasteiger charge is 2.24. The first-order valence-corrected chi connectivity index (χ1v) is 6.65. The number of thioether (sulfide) groups is 1. The monoisotopic (exact) mass is 230 g/mol. The largest absolute Gasteiger partial charge is 0.354 e. The molecule has 1 aliphatic rings. The summed E-state index contributed by atoms with van der Waals surface area (Å²) in [5.74, 6) is 2.44. The third-order valence-electron chi connectivity index (χ3n) is 3.09. The lowest BCUT2D eigenvalue weighted by molar-refractivity contribution is -0.122. The van der Waals surface area contributed by atoms with E-state index in [-0.39, 0.29) is 17.4 Å². The van der Waals surface area contributed by atoms with Gasteiger partial charge in [0.15, 0.2) is 0 Å². The molecule has 0 spiro atoms. The van der Waals surface area contributed by atoms with E-state index in [4.69, 9.17) is 0 Å². The van der Waals surface area contributed by atoms with Crippen molar-refractivity contribution in [1.29, 1.82) is 0 Å². The van der Waals surface area contributed by atoms with Crippen molar-refractivity contribution in [2.24, 2.45) is 11.3 Å². The smallest absolute Gasteiger partial charge is 0.238 e. The fourth-order valence-electron chi connectivity index (χ4n) is 1.25. The Morgan fingerprint density at radius 1 is 1.60 bits per heavy atom. The van der Waals surface area contributed by atoms with Crippen LogP contribution in [0.4, 0.5) is 0 Å². The van der Waals surface area contributed by atoms with Crippen LogP contribution in [0.5, 0.6) is 0 Å². The number of nitrogens with one attached hydrogen (secondary N) is 2. The van der Waals surface area contributed by atoms with Crippen molar-refractivity contribution >= 4 is 17.7 Å². The zero-order valence-corrected chi connectivity index (χ0v) is 10.9. The van der Waals surface area contributed by atoms with Crippen molar-refractivity contribution in [2.75, 3.05) is 18.2 Å². The van der Waals surface area contributed by atoms with Crippen molar-refractivity contribution < 1.29 is 4.79 Å². The second-order valence-corrected chi connectivity index (χ2v) is 6.31. The first-order chi connectivity index (χ1) is 6.91. The molecule has 1 saturated heterocycles. The van der Waals surface area contributed by atoms with Gasteiger partial charge < -0.3 is 5.32 Å². The SMILES string of the molecule is CC(CNC(=O)C1CSCN1)C(C)(C)C. The molecule has 2 atom stereocenters. The van der Waals surface area contributed by atoms with Gasteiger partial charge in [-0.15, -0.1) is 11.8 Å². The molecule has 4 heteroatoms. The van der Waals surface area contributed by atoms with Crippen LogP contribution >= 0.6 is 11.8 Å². The van der Waals surface area contributed by atoms with E-state index in [1.807, 2.05) is 0 Å². The van der Waals surface area contributed by atoms with Gasteiger partial charge in [-0.3, -0.25) is 10.1 Å². The molecule has 1 heterocycles. The zero-order valence-electron chi connectivity index (χ0n) is 10.1. The van der Waals surface area contributed by atoms with Gasteiger partial charge in [-0.25, -0.2) is 0 Å². The minimum atomic E-state index is 0.0159. The third-order valence-corrected chi connectivity index (χ3v) is 4.03. The van der Waals surface area contributed by atoms with E-state index in [1.54, 1.807) is 11.8 Å². The molecule has 1 rings (SSSR count). The summed E-state index contributed by atoms with van der Waals surface area (Å²) in [6.45, 7) is 9.55. The van der Waals surface area contributed by atoms with Crippen LogP contribution < -0.4 is 10.6 Å². The van der Waals surface area contributed by atoms with Gasteiger partial charge in [-0.2, -0.15) is 0 Å². The summed E-state index contributed by atoms with van der Waals surface area (Å²) < 4.78 is 0. The highest BCUT2D eigenvalue weighted by atomic mass is 32.2. The van der Waals surface area contributed by atoms with Crippen LogP contribution in [0.15, 0.2) is 0 Å². The van der Waals surface area contributed by atoms with Gasteiger partial charge in [0.25, 0.3) is 0 Å². The standard InChI is InChI=1S/C11H22N2OS/c1-8(11(2,3)4)5-12-10(14)9-6-15-7-13-9/h8-9,13H,5-7H2,1-4H3,(H,12,14). The molecule has 1 aliphatic heterocycles. The first-order valence-electron chi connectivity index (χ1n) is 5.50. The van der Waals surface area contributed by atoms with Crippen LogP contribution in [-0.2, 0) is 4.79 Å². The van der Waals surface area contributed by atoms with Gasteiger partial charge in [0.05, 0.1) is 6.04 Å². The molecular formula is C11H22N2OS. The van der Waals surface area contributed by atoms with Crippen molar-refractivity contribution in [2.45, 2.75) is 33.7 Å². The molecule has 88 valence electrons. The Morgan fingerprint density at radius 2 is 2.27 bits per heavy atom. The third kappa shape index (κ3) is 4.03. The molecule has 0 aromatic carbocycles. The minimum absolute atomic E-state index is 0.0159. The Kier molecular flexibility index (Phi) is 4.46. The molecule has 1 amide bonds. The molecule has 2 unspecified atom stereocenters. The molecular weight excluding hydrogens is 208 g/mol. The van der Waals surface area contributed by atoms with Gasteiger partial charge in [-0.05, 0) is 11.3 Å². The molecule has 0 aromatic heterocycles. The number of amides is 1. The Hall–Kier alpha value is -0.220. The van der Waals surface area contributed by atoms with Gasteiger partial charge >= 0.3 is 0 Å². The Balaban J connectivity index is 2.27. The second-order valence-electron chi connectivity index (χ2n) is 5.28. The second kappa shape index (κ2) is 5.21. The van der Waals surface area contributed by atoms with E-state index in [9.17, 15) is 4.79 Å². The molecule has 3 nitrogen and oxygen atoms in total. The predicted octanol–water partition coefficient (Wildman–Crippen LogP) is 1.45. The van der Waals surface area contributed by atoms with Crippen LogP contribution in [0.1, 0.15) is 27.7 Å². The molecule has 0 saturated carbocycles. The van der Waals surface area contributed by atoms with Crippen molar-refractivity contribution in [3.63, 3.8) is 0 Å². The summed E-state index contributed by atoms with van der Waals surface area (Å²) in [7, 11) is 0. The van der Waals surface area contributed by atoms with E-state index >= 15 is 0 Å². The fraction of sp³-hybridized carbons (Fsp3) is 0.909. The summed E-state index contributed by atoms with van der Waals surface area (Å²) >= 11 is 1.78. The lowest BCUT2D eigenvalue weighted by Crippen LogP contribution is -2.44. The average molecular weight is 230 g/mol. The van der Waals surface area contributed by atoms with E-state index in [1.165, 1.54) is 0 Å². The van der Waals surface area contributed by atoms with Crippen molar-refractivity contribution in [3.8, 4) is 0 Å². The fourth-order valence-corrected chi connectivity index (χ4v) is 2.19. The average Bonchev–Trinajstić information content (AvgIpc) is 2.64. The van der Waals surface area contributed by atoms with Crippen LogP contribution in [0, 0.1) is 11.3 Å². The quantitative estimate of drug-likeness (QED) is 0.771. The number of rotatable bonds is 3. The summed E-state index contributed by atoms with van der Waals surface area (Å²) in [6.07, 6.45) is 0. The van der Waals surface area contributed by atoms with Gasteiger partial charge in [0, 0.05) is 18.2 Å². The van der Waals surface area contributed by atoms with Gasteiger partial charge in [-0.1, -0.05) is 27.7 Å². The maximum absolute atomic E-state index is 11.7. The Bertz CT molecular complexity index is 219. The molecule has 0 aromatic rings. The van der Waals surface area contributed by atoms with Crippen LogP contribution in [0.2, 0.25) is 0 Å². The normalized spacial score (nSPS) is 23.9. The van der Waals surface area contributed by atoms with E-state index in [0.717, 1.165) is 18.2 Å². The van der Waals surface area contributed by atoms with Crippen molar-refractivity contribution in [1.82, 2.24) is 10.6 Å². The zero-order chi connectivity index (χ0) is 11.5. The molecule has 2 N–H and O–H groups in total. The molecule has 1 fully saturated rings. The molecule has 0 radical (unpaired) electrons. The highest BCUT2D eigenvalue weighted by Crippen LogP contribution is 2.24. The van der Waals surface area contributed by atoms with E-state index in [0.29, 0.717) is 5.92 Å². The lowest BCUT2D eigenvalue weighted by Gasteiger charge is -2.27. The maximum atomic E-state index is 11.7. The topological polar surface area (TPSA) is 41.1 Å². The van der Waals surface area contributed by atoms with Crippen molar-refractivity contribution in [3.05, 3.63) is 0 Å². The maximum Gasteiger partial charge on any atom is 0.238 e. The number of hydrogen-bond acceptors (Lipinski definition) is 3. The summed E-state index contributed by atoms with van der Waals surface area (Å²) in [5, 5.41) is 6.19. The summed E-state index contributed by atoms with van der Waals surface area (Å²) in [5.41, 5.74) is 0.255. The molecule has 0 bridgehead atoms. The predicted molar refractivity (Wildman–Crippen MR) is 65.9 cm³/mol. The summed E-state index contributed by atoms with van der Waals surface area (Å²) in [4.78, 5) is 11.7. The number of hydrogen-bond donors (Lipinski definition) is 2. The Morgan fingerprint density at radius 3 is 2.73 bits per heavy atom. The number of carbonyl (C=O) groups is 1. The highest BCUT2D eigenvalue weighted by molar-refractivity contribution is 7.99. The molecule has 0 aliphatic carbocycles. The van der Waals surface area contributed by atoms with Crippen LogP contribution in [0.25, 0.3) is 0 Å². The van der Waals surface area contributed by atoms with E-state index in [2.05, 4.69) is 38.3 Å². The van der Waals surface area contributed by atoms with E-state index < -0.39 is 0 Å². The lowest BCUT2D eigenvalue weighted by atomic mass is 9.82. The summed E-state index contributed by atoms with van der Waals surface area (Å²) in [6, 6.07) is 0.0159. The first kappa shape index (κ1) is 12.8.